The average Bonchev–Trinajstić information content (AvgIpc) is 2.68. The number of nitriles is 1. The fourth-order valence-corrected chi connectivity index (χ4v) is 1.01. The van der Waals surface area contributed by atoms with Crippen molar-refractivity contribution in [2.75, 3.05) is 7.11 Å². The first-order chi connectivity index (χ1) is 7.10. The molecule has 1 rings (SSSR count). The molecule has 0 aliphatic rings. The smallest absolute Gasteiger partial charge is 0.226 e. The maximum atomic E-state index is 8.38. The lowest BCUT2D eigenvalue weighted by Crippen LogP contribution is -2.21. The fourth-order valence-electron chi connectivity index (χ4n) is 1.01. The Morgan fingerprint density at radius 1 is 1.53 bits per heavy atom. The van der Waals surface area contributed by atoms with Crippen LogP contribution in [0, 0.1) is 11.3 Å². The van der Waals surface area contributed by atoms with Crippen LogP contribution in [0.1, 0.15) is 38.4 Å². The predicted octanol–water partition coefficient (Wildman–Crippen LogP) is 1.80. The second kappa shape index (κ2) is 4.89. The van der Waals surface area contributed by atoms with E-state index in [1.807, 2.05) is 13.8 Å². The lowest BCUT2D eigenvalue weighted by Gasteiger charge is -2.17. The lowest BCUT2D eigenvalue weighted by atomic mass is 10.1. The van der Waals surface area contributed by atoms with Crippen LogP contribution in [-0.2, 0) is 16.8 Å². The number of rotatable bonds is 5. The van der Waals surface area contributed by atoms with Crippen molar-refractivity contribution in [3.8, 4) is 6.07 Å². The zero-order valence-corrected chi connectivity index (χ0v) is 9.28. The maximum Gasteiger partial charge on any atom is 0.226 e. The van der Waals surface area contributed by atoms with Gasteiger partial charge in [-0.3, -0.25) is 0 Å². The molecule has 5 heteroatoms. The highest BCUT2D eigenvalue weighted by Gasteiger charge is 2.25. The van der Waals surface area contributed by atoms with Crippen LogP contribution in [0.15, 0.2) is 4.52 Å². The molecular weight excluding hydrogens is 194 g/mol. The van der Waals surface area contributed by atoms with Gasteiger partial charge in [0.15, 0.2) is 0 Å². The minimum Gasteiger partial charge on any atom is -0.371 e. The quantitative estimate of drug-likeness (QED) is 0.691. The Kier molecular flexibility index (Phi) is 3.81. The van der Waals surface area contributed by atoms with Crippen LogP contribution < -0.4 is 0 Å². The molecule has 82 valence electrons. The highest BCUT2D eigenvalue weighted by Crippen LogP contribution is 2.20. The van der Waals surface area contributed by atoms with E-state index in [-0.39, 0.29) is 0 Å². The zero-order chi connectivity index (χ0) is 11.3. The Morgan fingerprint density at radius 2 is 2.27 bits per heavy atom. The molecule has 0 atom stereocenters. The Hall–Kier alpha value is -1.41. The van der Waals surface area contributed by atoms with Crippen molar-refractivity contribution in [2.45, 2.75) is 38.7 Å². The van der Waals surface area contributed by atoms with E-state index < -0.39 is 5.60 Å². The summed E-state index contributed by atoms with van der Waals surface area (Å²) in [6.45, 7) is 3.74. The minimum absolute atomic E-state index is 0.505. The largest absolute Gasteiger partial charge is 0.371 e. The minimum atomic E-state index is -0.531. The molecule has 0 unspecified atom stereocenters. The number of ether oxygens (including phenoxy) is 1. The summed E-state index contributed by atoms with van der Waals surface area (Å²) in [6.07, 6.45) is 1.89. The molecule has 0 saturated heterocycles. The molecular formula is C10H15N3O2. The number of aryl methyl sites for hydroxylation is 1. The number of methoxy groups -OCH3 is 1. The second-order valence-corrected chi connectivity index (χ2v) is 3.74. The molecule has 0 saturated carbocycles. The third-order valence-electron chi connectivity index (χ3n) is 2.20. The number of aromatic nitrogens is 2. The molecule has 1 heterocycles. The van der Waals surface area contributed by atoms with Gasteiger partial charge >= 0.3 is 0 Å². The summed E-state index contributed by atoms with van der Waals surface area (Å²) in [7, 11) is 1.60. The van der Waals surface area contributed by atoms with Crippen LogP contribution in [0.5, 0.6) is 0 Å². The van der Waals surface area contributed by atoms with E-state index in [0.717, 1.165) is 6.42 Å². The number of unbranched alkanes of at least 4 members (excludes halogenated alkanes) is 1. The van der Waals surface area contributed by atoms with E-state index in [4.69, 9.17) is 14.5 Å². The van der Waals surface area contributed by atoms with Crippen LogP contribution in [-0.4, -0.2) is 17.3 Å². The maximum absolute atomic E-state index is 8.38. The summed E-state index contributed by atoms with van der Waals surface area (Å²) in [5, 5.41) is 12.2. The summed E-state index contributed by atoms with van der Waals surface area (Å²) >= 11 is 0. The van der Waals surface area contributed by atoms with Crippen LogP contribution >= 0.6 is 0 Å². The average molecular weight is 209 g/mol. The monoisotopic (exact) mass is 209 g/mol. The highest BCUT2D eigenvalue weighted by molar-refractivity contribution is 4.97. The summed E-state index contributed by atoms with van der Waals surface area (Å²) in [4.78, 5) is 4.21. The highest BCUT2D eigenvalue weighted by atomic mass is 16.5. The van der Waals surface area contributed by atoms with Gasteiger partial charge in [-0.1, -0.05) is 5.16 Å². The first kappa shape index (κ1) is 11.7. The SMILES string of the molecule is COC(C)(C)c1noc(CCCC#N)n1. The normalized spacial score (nSPS) is 11.3. The second-order valence-electron chi connectivity index (χ2n) is 3.74. The van der Waals surface area contributed by atoms with E-state index in [0.29, 0.717) is 24.6 Å². The van der Waals surface area contributed by atoms with Gasteiger partial charge in [-0.2, -0.15) is 10.2 Å². The molecule has 0 fully saturated rings. The molecule has 0 N–H and O–H groups in total. The van der Waals surface area contributed by atoms with Crippen molar-refractivity contribution >= 4 is 0 Å². The van der Waals surface area contributed by atoms with E-state index in [9.17, 15) is 0 Å². The summed E-state index contributed by atoms with van der Waals surface area (Å²) in [5.74, 6) is 1.10. The predicted molar refractivity (Wildman–Crippen MR) is 52.9 cm³/mol. The van der Waals surface area contributed by atoms with Crippen LogP contribution in [0.2, 0.25) is 0 Å². The first-order valence-electron chi connectivity index (χ1n) is 4.85. The van der Waals surface area contributed by atoms with E-state index in [1.54, 1.807) is 7.11 Å². The van der Waals surface area contributed by atoms with Crippen LogP contribution in [0.4, 0.5) is 0 Å². The number of hydrogen-bond donors (Lipinski definition) is 0. The van der Waals surface area contributed by atoms with Crippen molar-refractivity contribution in [3.63, 3.8) is 0 Å². The van der Waals surface area contributed by atoms with Gasteiger partial charge in [-0.05, 0) is 20.3 Å². The third kappa shape index (κ3) is 3.03. The third-order valence-corrected chi connectivity index (χ3v) is 2.20. The summed E-state index contributed by atoms with van der Waals surface area (Å²) in [5.41, 5.74) is -0.531. The molecule has 0 aliphatic carbocycles. The van der Waals surface area contributed by atoms with Crippen LogP contribution in [0.25, 0.3) is 0 Å². The summed E-state index contributed by atoms with van der Waals surface area (Å²) in [6, 6.07) is 2.07. The van der Waals surface area contributed by atoms with Crippen molar-refractivity contribution < 1.29 is 9.26 Å². The summed E-state index contributed by atoms with van der Waals surface area (Å²) < 4.78 is 10.3. The molecule has 15 heavy (non-hydrogen) atoms. The van der Waals surface area contributed by atoms with Gasteiger partial charge in [0, 0.05) is 20.0 Å². The van der Waals surface area contributed by atoms with Gasteiger partial charge in [0.05, 0.1) is 6.07 Å². The zero-order valence-electron chi connectivity index (χ0n) is 9.28. The van der Waals surface area contributed by atoms with E-state index in [2.05, 4.69) is 16.2 Å². The Bertz CT molecular complexity index is 352. The number of nitrogens with zero attached hydrogens (tertiary/aromatic N) is 3. The molecule has 1 aromatic rings. The topological polar surface area (TPSA) is 71.9 Å². The van der Waals surface area contributed by atoms with E-state index in [1.165, 1.54) is 0 Å². The van der Waals surface area contributed by atoms with Gasteiger partial charge < -0.3 is 9.26 Å². The molecule has 1 aromatic heterocycles. The van der Waals surface area contributed by atoms with E-state index >= 15 is 0 Å². The van der Waals surface area contributed by atoms with Gasteiger partial charge in [0.1, 0.15) is 5.60 Å². The van der Waals surface area contributed by atoms with Crippen molar-refractivity contribution in [2.24, 2.45) is 0 Å². The number of hydrogen-bond acceptors (Lipinski definition) is 5. The van der Waals surface area contributed by atoms with Crippen LogP contribution in [0.3, 0.4) is 0 Å². The van der Waals surface area contributed by atoms with Gasteiger partial charge in [0.25, 0.3) is 0 Å². The first-order valence-corrected chi connectivity index (χ1v) is 4.85. The molecule has 0 aromatic carbocycles. The molecule has 5 nitrogen and oxygen atoms in total. The van der Waals surface area contributed by atoms with Crippen molar-refractivity contribution in [1.82, 2.24) is 10.1 Å². The Balaban J connectivity index is 2.61. The lowest BCUT2D eigenvalue weighted by molar-refractivity contribution is 0.00973. The Morgan fingerprint density at radius 3 is 2.87 bits per heavy atom. The molecule has 0 radical (unpaired) electrons. The molecule has 0 bridgehead atoms. The van der Waals surface area contributed by atoms with Gasteiger partial charge in [-0.25, -0.2) is 0 Å². The Labute approximate surface area is 89.0 Å². The molecule has 0 amide bonds. The molecule has 0 spiro atoms. The van der Waals surface area contributed by atoms with Crippen molar-refractivity contribution in [1.29, 1.82) is 5.26 Å². The standard InChI is InChI=1S/C10H15N3O2/c1-10(2,14-3)9-12-8(15-13-9)6-4-5-7-11/h4-6H2,1-3H3. The van der Waals surface area contributed by atoms with Gasteiger partial charge in [0.2, 0.25) is 11.7 Å². The van der Waals surface area contributed by atoms with Gasteiger partial charge in [-0.15, -0.1) is 0 Å². The fraction of sp³-hybridized carbons (Fsp3) is 0.700. The van der Waals surface area contributed by atoms with Crippen molar-refractivity contribution in [3.05, 3.63) is 11.7 Å². The molecule has 0 aliphatic heterocycles.